The number of imidazole rings is 1. The van der Waals surface area contributed by atoms with Gasteiger partial charge in [-0.2, -0.15) is 0 Å². The van der Waals surface area contributed by atoms with Crippen LogP contribution in [-0.2, 0) is 9.53 Å². The summed E-state index contributed by atoms with van der Waals surface area (Å²) in [6.45, 7) is 18.5. The largest absolute Gasteiger partial charge is 0.453 e. The number of amides is 2. The van der Waals surface area contributed by atoms with Gasteiger partial charge in [0.2, 0.25) is 5.91 Å². The topological polar surface area (TPSA) is 87.3 Å². The van der Waals surface area contributed by atoms with E-state index >= 15 is 0 Å². The van der Waals surface area contributed by atoms with Crippen molar-refractivity contribution in [1.29, 1.82) is 0 Å². The molecule has 8 heteroatoms. The van der Waals surface area contributed by atoms with Gasteiger partial charge in [0.15, 0.2) is 0 Å². The molecule has 3 aromatic rings. The number of H-pyrrole nitrogens is 1. The molecule has 1 aliphatic heterocycles. The van der Waals surface area contributed by atoms with Gasteiger partial charge in [0.1, 0.15) is 18.2 Å². The molecule has 0 aliphatic carbocycles. The molecular formula is C33H51FN4O3. The predicted octanol–water partition coefficient (Wildman–Crippen LogP) is 8.71. The van der Waals surface area contributed by atoms with Gasteiger partial charge in [0.05, 0.1) is 25.0 Å². The molecule has 7 nitrogen and oxygen atoms in total. The summed E-state index contributed by atoms with van der Waals surface area (Å²) in [4.78, 5) is 33.3. The van der Waals surface area contributed by atoms with Crippen LogP contribution in [0.1, 0.15) is 92.1 Å². The summed E-state index contributed by atoms with van der Waals surface area (Å²) >= 11 is 0. The minimum atomic E-state index is -0.648. The van der Waals surface area contributed by atoms with Gasteiger partial charge in [-0.3, -0.25) is 4.79 Å². The first-order chi connectivity index (χ1) is 19.9. The number of likely N-dealkylation sites (tertiary alicyclic amines) is 1. The normalized spacial score (nSPS) is 13.0. The Labute approximate surface area is 246 Å². The van der Waals surface area contributed by atoms with Gasteiger partial charge < -0.3 is 19.9 Å². The van der Waals surface area contributed by atoms with Crippen molar-refractivity contribution in [3.05, 3.63) is 65.9 Å². The number of benzene rings is 2. The number of carbonyl (C=O) groups excluding carboxylic acids is 2. The predicted molar refractivity (Wildman–Crippen MR) is 168 cm³/mol. The summed E-state index contributed by atoms with van der Waals surface area (Å²) in [6, 6.07) is 12.9. The molecule has 2 amide bonds. The second-order valence-corrected chi connectivity index (χ2v) is 8.48. The summed E-state index contributed by atoms with van der Waals surface area (Å²) < 4.78 is 19.3. The molecule has 1 aromatic heterocycles. The lowest BCUT2D eigenvalue weighted by Crippen LogP contribution is -2.40. The third kappa shape index (κ3) is 11.0. The highest BCUT2D eigenvalue weighted by Crippen LogP contribution is 2.34. The van der Waals surface area contributed by atoms with Crippen LogP contribution in [0.2, 0.25) is 0 Å². The van der Waals surface area contributed by atoms with Crippen LogP contribution in [0.4, 0.5) is 9.18 Å². The van der Waals surface area contributed by atoms with E-state index in [1.165, 1.54) is 19.6 Å². The molecule has 4 rings (SSSR count). The second kappa shape index (κ2) is 21.1. The molecular weight excluding hydrogens is 519 g/mol. The lowest BCUT2D eigenvalue weighted by Gasteiger charge is -2.23. The first-order valence-electron chi connectivity index (χ1n) is 14.9. The van der Waals surface area contributed by atoms with Gasteiger partial charge in [-0.1, -0.05) is 92.1 Å². The summed E-state index contributed by atoms with van der Waals surface area (Å²) in [6.07, 6.45) is 3.86. The zero-order valence-corrected chi connectivity index (χ0v) is 26.7. The fourth-order valence-corrected chi connectivity index (χ4v) is 4.08. The molecule has 41 heavy (non-hydrogen) atoms. The summed E-state index contributed by atoms with van der Waals surface area (Å²) in [5.74, 6) is 0.152. The fourth-order valence-electron chi connectivity index (χ4n) is 4.08. The van der Waals surface area contributed by atoms with Crippen molar-refractivity contribution in [1.82, 2.24) is 20.2 Å². The van der Waals surface area contributed by atoms with E-state index in [-0.39, 0.29) is 24.3 Å². The van der Waals surface area contributed by atoms with Gasteiger partial charge in [0, 0.05) is 12.1 Å². The number of carbonyl (C=O) groups is 2. The van der Waals surface area contributed by atoms with E-state index in [1.54, 1.807) is 18.0 Å². The maximum atomic E-state index is 14.7. The van der Waals surface area contributed by atoms with E-state index < -0.39 is 6.09 Å². The van der Waals surface area contributed by atoms with Crippen molar-refractivity contribution in [2.75, 3.05) is 20.2 Å². The van der Waals surface area contributed by atoms with Gasteiger partial charge >= 0.3 is 6.09 Å². The molecule has 2 aromatic carbocycles. The Kier molecular flexibility index (Phi) is 19.2. The number of nitrogens with zero attached hydrogens (tertiary/aromatic N) is 2. The zero-order valence-electron chi connectivity index (χ0n) is 26.7. The van der Waals surface area contributed by atoms with Crippen molar-refractivity contribution < 1.29 is 18.7 Å². The Morgan fingerprint density at radius 3 is 2.24 bits per heavy atom. The van der Waals surface area contributed by atoms with Gasteiger partial charge in [-0.15, -0.1) is 0 Å². The molecule has 1 atom stereocenters. The molecule has 0 spiro atoms. The lowest BCUT2D eigenvalue weighted by atomic mass is 9.97. The smallest absolute Gasteiger partial charge is 0.407 e. The number of hydrogen-bond donors (Lipinski definition) is 2. The molecule has 0 bridgehead atoms. The Balaban J connectivity index is 0.00000161. The summed E-state index contributed by atoms with van der Waals surface area (Å²) in [5.41, 5.74) is 3.72. The van der Waals surface area contributed by atoms with E-state index in [1.807, 2.05) is 77.9 Å². The maximum absolute atomic E-state index is 14.7. The molecule has 1 aliphatic rings. The molecule has 0 radical (unpaired) electrons. The number of methoxy groups -OCH3 is 1. The van der Waals surface area contributed by atoms with E-state index in [0.717, 1.165) is 24.0 Å². The van der Waals surface area contributed by atoms with E-state index in [4.69, 9.17) is 0 Å². The Morgan fingerprint density at radius 1 is 1.05 bits per heavy atom. The second-order valence-electron chi connectivity index (χ2n) is 8.48. The molecule has 1 fully saturated rings. The number of aromatic nitrogens is 2. The summed E-state index contributed by atoms with van der Waals surface area (Å²) in [7, 11) is 1.25. The number of alkyl carbamates (subject to hydrolysis) is 1. The molecule has 2 N–H and O–H groups in total. The average Bonchev–Trinajstić information content (AvgIpc) is 3.71. The molecule has 0 unspecified atom stereocenters. The van der Waals surface area contributed by atoms with Crippen molar-refractivity contribution in [3.8, 4) is 22.4 Å². The third-order valence-electron chi connectivity index (χ3n) is 5.79. The minimum Gasteiger partial charge on any atom is -0.453 e. The van der Waals surface area contributed by atoms with Crippen molar-refractivity contribution in [3.63, 3.8) is 0 Å². The zero-order chi connectivity index (χ0) is 31.4. The van der Waals surface area contributed by atoms with E-state index in [9.17, 15) is 14.0 Å². The number of hydrogen-bond acceptors (Lipinski definition) is 4. The quantitative estimate of drug-likeness (QED) is 0.321. The highest BCUT2D eigenvalue weighted by Gasteiger charge is 2.32. The molecule has 228 valence electrons. The van der Waals surface area contributed by atoms with Crippen LogP contribution in [-0.4, -0.2) is 47.1 Å². The van der Waals surface area contributed by atoms with Crippen LogP contribution in [0.3, 0.4) is 0 Å². The Hall–Kier alpha value is -3.68. The first-order valence-corrected chi connectivity index (χ1v) is 14.9. The third-order valence-corrected chi connectivity index (χ3v) is 5.79. The van der Waals surface area contributed by atoms with Crippen LogP contribution >= 0.6 is 0 Å². The van der Waals surface area contributed by atoms with Crippen LogP contribution in [0.15, 0.2) is 48.7 Å². The van der Waals surface area contributed by atoms with Gasteiger partial charge in [0.25, 0.3) is 0 Å². The van der Waals surface area contributed by atoms with E-state index in [0.29, 0.717) is 29.2 Å². The standard InChI is InChI=1S/C24H25FN4O3.C3H8.3C2H6/c1-15-18(16-7-4-3-5-8-16)11-17(12-19(15)25)20-13-26-23(28-20)21-9-6-10-29(21)22(30)14-27-24(31)32-2;1-3-2;3*1-2/h3-5,7-8,11-13,21H,6,9-10,14H2,1-2H3,(H,26,28)(H,27,31);3H2,1-2H3;3*1-2H3/t21-;;;;/m0..../s1. The Morgan fingerprint density at radius 2 is 1.66 bits per heavy atom. The SMILES string of the molecule is CC.CC.CC.CCC.COC(=O)NCC(=O)N1CCC[C@H]1c1ncc(-c2cc(F)c(C)c(-c3ccccc3)c2)[nH]1. The van der Waals surface area contributed by atoms with Gasteiger partial charge in [-0.05, 0) is 48.6 Å². The molecule has 2 heterocycles. The van der Waals surface area contributed by atoms with Crippen LogP contribution in [0.5, 0.6) is 0 Å². The first kappa shape index (κ1) is 37.3. The Bertz CT molecular complexity index is 1150. The number of halogens is 1. The summed E-state index contributed by atoms with van der Waals surface area (Å²) in [5, 5.41) is 2.42. The highest BCUT2D eigenvalue weighted by atomic mass is 19.1. The fraction of sp³-hybridized carbons (Fsp3) is 0.485. The van der Waals surface area contributed by atoms with E-state index in [2.05, 4.69) is 33.9 Å². The van der Waals surface area contributed by atoms with Crippen molar-refractivity contribution in [2.45, 2.75) is 87.6 Å². The minimum absolute atomic E-state index is 0.139. The van der Waals surface area contributed by atoms with Crippen LogP contribution in [0.25, 0.3) is 22.4 Å². The van der Waals surface area contributed by atoms with Gasteiger partial charge in [-0.25, -0.2) is 14.2 Å². The maximum Gasteiger partial charge on any atom is 0.407 e. The van der Waals surface area contributed by atoms with Crippen molar-refractivity contribution in [2.24, 2.45) is 0 Å². The number of aromatic amines is 1. The molecule has 1 saturated heterocycles. The highest BCUT2D eigenvalue weighted by molar-refractivity contribution is 5.82. The number of nitrogens with one attached hydrogen (secondary N) is 2. The molecule has 0 saturated carbocycles. The monoisotopic (exact) mass is 570 g/mol. The average molecular weight is 571 g/mol. The number of ether oxygens (including phenoxy) is 1. The van der Waals surface area contributed by atoms with Crippen LogP contribution in [0, 0.1) is 12.7 Å². The van der Waals surface area contributed by atoms with Crippen molar-refractivity contribution >= 4 is 12.0 Å². The van der Waals surface area contributed by atoms with Crippen LogP contribution < -0.4 is 5.32 Å². The number of rotatable bonds is 5. The lowest BCUT2D eigenvalue weighted by molar-refractivity contribution is -0.131.